The summed E-state index contributed by atoms with van der Waals surface area (Å²) in [6.45, 7) is 15.8. The molecule has 166 valence electrons. The molecule has 1 aliphatic heterocycles. The number of hydrogen-bond acceptors (Lipinski definition) is 2. The molecule has 0 amide bonds. The van der Waals surface area contributed by atoms with E-state index in [0.717, 1.165) is 22.2 Å². The predicted octanol–water partition coefficient (Wildman–Crippen LogP) is 5.27. The van der Waals surface area contributed by atoms with Crippen LogP contribution in [0.1, 0.15) is 57.9 Å². The minimum Gasteiger partial charge on any atom is -0.654 e. The van der Waals surface area contributed by atoms with Gasteiger partial charge in [-0.05, 0) is 34.4 Å². The first-order valence-corrected chi connectivity index (χ1v) is 11.8. The number of fused-ring (bicyclic) bond motifs is 1. The van der Waals surface area contributed by atoms with Gasteiger partial charge in [0.2, 0.25) is 0 Å². The van der Waals surface area contributed by atoms with E-state index in [2.05, 4.69) is 64.4 Å². The molecule has 2 N–H and O–H groups in total. The molecule has 2 fully saturated rings. The van der Waals surface area contributed by atoms with Crippen molar-refractivity contribution in [2.45, 2.75) is 74.0 Å². The zero-order valence-corrected chi connectivity index (χ0v) is 20.0. The van der Waals surface area contributed by atoms with Crippen LogP contribution < -0.4 is 0 Å². The van der Waals surface area contributed by atoms with Crippen LogP contribution in [0, 0.1) is 11.3 Å². The number of nitrogens with one attached hydrogen (secondary N) is 1. The van der Waals surface area contributed by atoms with Crippen molar-refractivity contribution in [3.63, 3.8) is 0 Å². The molecule has 6 atom stereocenters. The lowest BCUT2D eigenvalue weighted by Crippen LogP contribution is -2.82. The van der Waals surface area contributed by atoms with Crippen LogP contribution in [-0.2, 0) is 21.2 Å². The largest absolute Gasteiger partial charge is 0.654 e. The van der Waals surface area contributed by atoms with Gasteiger partial charge in [-0.15, -0.1) is 18.2 Å². The third kappa shape index (κ3) is 1.64. The molecule has 1 aromatic carbocycles. The summed E-state index contributed by atoms with van der Waals surface area (Å²) >= 11 is 7.24. The zero-order chi connectivity index (χ0) is 22.4. The van der Waals surface area contributed by atoms with Crippen LogP contribution >= 0.6 is 11.6 Å². The van der Waals surface area contributed by atoms with Gasteiger partial charge in [0.1, 0.15) is 0 Å². The smallest absolute Gasteiger partial charge is 0.0929 e. The third-order valence-corrected chi connectivity index (χ3v) is 10.7. The number of likely N-dealkylation sites (N-methyl/N-ethyl adjacent to an activating group) is 1. The molecule has 31 heavy (non-hydrogen) atoms. The molecular formula is C26H32ClN2O2-. The van der Waals surface area contributed by atoms with E-state index >= 15 is 0 Å². The van der Waals surface area contributed by atoms with E-state index in [-0.39, 0.29) is 16.7 Å². The van der Waals surface area contributed by atoms with Crippen LogP contribution in [0.25, 0.3) is 16.2 Å². The maximum absolute atomic E-state index is 13.2. The van der Waals surface area contributed by atoms with Gasteiger partial charge < -0.3 is 20.1 Å². The van der Waals surface area contributed by atoms with Crippen LogP contribution in [-0.4, -0.2) is 40.3 Å². The van der Waals surface area contributed by atoms with Gasteiger partial charge in [0.25, 0.3) is 0 Å². The highest BCUT2D eigenvalue weighted by Crippen LogP contribution is 2.78. The number of epoxide rings is 1. The van der Waals surface area contributed by atoms with Gasteiger partial charge in [0, 0.05) is 38.9 Å². The fraction of sp³-hybridized carbons (Fsp3) is 0.615. The van der Waals surface area contributed by atoms with Crippen molar-refractivity contribution in [3.8, 4) is 0 Å². The summed E-state index contributed by atoms with van der Waals surface area (Å²) in [6.07, 6.45) is 2.62. The first-order chi connectivity index (χ1) is 14.4. The summed E-state index contributed by atoms with van der Waals surface area (Å²) in [5, 5.41) is 19.3. The number of rotatable bonds is 2. The summed E-state index contributed by atoms with van der Waals surface area (Å²) in [7, 11) is 1.84. The number of alkyl halides is 1. The molecule has 0 radical (unpaired) electrons. The van der Waals surface area contributed by atoms with Gasteiger partial charge in [-0.1, -0.05) is 52.8 Å². The van der Waals surface area contributed by atoms with Gasteiger partial charge in [-0.25, -0.2) is 0 Å². The first kappa shape index (κ1) is 20.3. The fourth-order valence-corrected chi connectivity index (χ4v) is 8.84. The summed E-state index contributed by atoms with van der Waals surface area (Å²) in [6, 6.07) is 6.46. The van der Waals surface area contributed by atoms with Crippen LogP contribution in [0.3, 0.4) is 0 Å². The topological polar surface area (TPSA) is 62.6 Å². The van der Waals surface area contributed by atoms with Crippen LogP contribution in [0.5, 0.6) is 0 Å². The Morgan fingerprint density at radius 2 is 1.94 bits per heavy atom. The minimum atomic E-state index is -1.23. The lowest BCUT2D eigenvalue weighted by Gasteiger charge is -2.78. The number of ether oxygens (including phenoxy) is 1. The van der Waals surface area contributed by atoms with Crippen molar-refractivity contribution >= 4 is 22.5 Å². The quantitative estimate of drug-likeness (QED) is 0.380. The van der Waals surface area contributed by atoms with Crippen LogP contribution in [0.4, 0.5) is 0 Å². The Labute approximate surface area is 189 Å². The SMILES string of the molecule is C=C[C@@]1(C)[C@H](Cl)C[C@@H]2C(C)(C)c3cccc4[nH]c5c(c34)[C@@]2(O)[C@]1([N-]C)[C@@]1(CO1)C5(C)C. The Morgan fingerprint density at radius 1 is 1.26 bits per heavy atom. The van der Waals surface area contributed by atoms with Gasteiger partial charge in [0.05, 0.1) is 17.8 Å². The van der Waals surface area contributed by atoms with E-state index in [0.29, 0.717) is 13.0 Å². The maximum Gasteiger partial charge on any atom is 0.0929 e. The monoisotopic (exact) mass is 439 g/mol. The van der Waals surface area contributed by atoms with Crippen molar-refractivity contribution in [2.24, 2.45) is 11.3 Å². The number of H-pyrrole nitrogens is 1. The average Bonchev–Trinajstić information content (AvgIpc) is 3.42. The summed E-state index contributed by atoms with van der Waals surface area (Å²) in [5.41, 5.74) is 0.256. The number of nitrogens with zero attached hydrogens (tertiary/aromatic N) is 1. The number of halogens is 1. The number of benzene rings is 1. The lowest BCUT2D eigenvalue weighted by atomic mass is 9.36. The molecule has 1 aromatic heterocycles. The van der Waals surface area contributed by atoms with Gasteiger partial charge in [-0.3, -0.25) is 0 Å². The highest BCUT2D eigenvalue weighted by atomic mass is 35.5. The molecular weight excluding hydrogens is 408 g/mol. The van der Waals surface area contributed by atoms with Crippen molar-refractivity contribution in [2.75, 3.05) is 13.7 Å². The summed E-state index contributed by atoms with van der Waals surface area (Å²) in [5.74, 6) is -0.107. The molecule has 2 heterocycles. The van der Waals surface area contributed by atoms with E-state index in [1.807, 2.05) is 13.1 Å². The molecule has 4 aliphatic rings. The second-order valence-electron chi connectivity index (χ2n) is 11.5. The normalized spacial score (nSPS) is 45.7. The molecule has 0 unspecified atom stereocenters. The van der Waals surface area contributed by atoms with Gasteiger partial charge in [0.15, 0.2) is 0 Å². The Hall–Kier alpha value is -1.33. The highest BCUT2D eigenvalue weighted by Gasteiger charge is 2.83. The van der Waals surface area contributed by atoms with E-state index < -0.39 is 27.6 Å². The Bertz CT molecular complexity index is 1160. The first-order valence-electron chi connectivity index (χ1n) is 11.3. The Morgan fingerprint density at radius 3 is 2.52 bits per heavy atom. The molecule has 0 bridgehead atoms. The number of aromatic amines is 1. The molecule has 2 aromatic rings. The average molecular weight is 440 g/mol. The second-order valence-corrected chi connectivity index (χ2v) is 12.0. The van der Waals surface area contributed by atoms with E-state index in [1.165, 1.54) is 5.56 Å². The van der Waals surface area contributed by atoms with Gasteiger partial charge in [-0.2, -0.15) is 7.05 Å². The number of hydrogen-bond donors (Lipinski definition) is 2. The van der Waals surface area contributed by atoms with Gasteiger partial charge >= 0.3 is 0 Å². The molecule has 1 spiro atoms. The van der Waals surface area contributed by atoms with Crippen molar-refractivity contribution in [1.82, 2.24) is 4.98 Å². The molecule has 5 heteroatoms. The lowest BCUT2D eigenvalue weighted by molar-refractivity contribution is -0.203. The second kappa shape index (κ2) is 5.25. The van der Waals surface area contributed by atoms with Crippen molar-refractivity contribution < 1.29 is 9.84 Å². The molecule has 4 nitrogen and oxygen atoms in total. The maximum atomic E-state index is 13.2. The van der Waals surface area contributed by atoms with Crippen molar-refractivity contribution in [3.05, 3.63) is 53.0 Å². The van der Waals surface area contributed by atoms with E-state index in [9.17, 15) is 5.11 Å². The molecule has 1 saturated carbocycles. The molecule has 3 aliphatic carbocycles. The third-order valence-electron chi connectivity index (χ3n) is 10.1. The highest BCUT2D eigenvalue weighted by molar-refractivity contribution is 6.21. The Balaban J connectivity index is 1.90. The number of aromatic nitrogens is 1. The summed E-state index contributed by atoms with van der Waals surface area (Å²) in [4.78, 5) is 3.72. The molecule has 1 saturated heterocycles. The standard InChI is InChI=1S/C26H32ClN2O2/c1-8-23(6)17(27)12-16-21(2,3)14-10-9-11-15-18(14)19-20(29-15)22(4,5)24(13-31-24)26(23,28-7)25(16,19)30/h8-11,16-17,29-30H,1,12-13H2,2-7H3/q-1/t16-,17-,23+,24-,25-,26-/m1/s1. The minimum absolute atomic E-state index is 0.107. The zero-order valence-electron chi connectivity index (χ0n) is 19.3. The summed E-state index contributed by atoms with van der Waals surface area (Å²) < 4.78 is 6.44. The van der Waals surface area contributed by atoms with E-state index in [4.69, 9.17) is 21.7 Å². The molecule has 6 rings (SSSR count). The van der Waals surface area contributed by atoms with Crippen LogP contribution in [0.15, 0.2) is 30.9 Å². The number of aliphatic hydroxyl groups is 1. The van der Waals surface area contributed by atoms with Crippen molar-refractivity contribution in [1.29, 1.82) is 0 Å². The predicted molar refractivity (Wildman–Crippen MR) is 125 cm³/mol. The Kier molecular flexibility index (Phi) is 3.44. The van der Waals surface area contributed by atoms with E-state index in [1.54, 1.807) is 0 Å². The fourth-order valence-electron chi connectivity index (χ4n) is 8.41. The van der Waals surface area contributed by atoms with Crippen LogP contribution in [0.2, 0.25) is 0 Å².